The van der Waals surface area contributed by atoms with Gasteiger partial charge in [0.2, 0.25) is 0 Å². The minimum Gasteiger partial charge on any atom is 1.00 e. The third-order valence-electron chi connectivity index (χ3n) is 1.05. The van der Waals surface area contributed by atoms with Crippen LogP contribution in [0.1, 0.15) is 1.43 Å². The molecule has 1 rings (SSSR count). The van der Waals surface area contributed by atoms with Crippen LogP contribution in [0.15, 0.2) is 24.3 Å². The van der Waals surface area contributed by atoms with Gasteiger partial charge in [-0.3, -0.25) is 0 Å². The van der Waals surface area contributed by atoms with Crippen LogP contribution in [-0.4, -0.2) is 7.11 Å². The molecule has 9 heteroatoms. The summed E-state index contributed by atoms with van der Waals surface area (Å²) in [4.78, 5) is 0. The average Bonchev–Trinajstić information content (AvgIpc) is 2.00. The SMILES string of the molecule is COc1ccc(I)cc1.F[P-](F)(F)(F)(F)F.[H+]. The molecule has 0 aliphatic rings. The Morgan fingerprint density at radius 3 is 1.56 bits per heavy atom. The summed E-state index contributed by atoms with van der Waals surface area (Å²) in [7, 11) is -8.99. The second-order valence-electron chi connectivity index (χ2n) is 2.62. The van der Waals surface area contributed by atoms with E-state index in [4.69, 9.17) is 4.74 Å². The van der Waals surface area contributed by atoms with Crippen LogP contribution in [0.25, 0.3) is 0 Å². The molecule has 0 aliphatic carbocycles. The normalized spacial score (nSPS) is 15.2. The summed E-state index contributed by atoms with van der Waals surface area (Å²) in [6, 6.07) is 7.92. The van der Waals surface area contributed by atoms with Crippen LogP contribution in [-0.2, 0) is 0 Å². The summed E-state index contributed by atoms with van der Waals surface area (Å²) in [6.45, 7) is 0. The van der Waals surface area contributed by atoms with E-state index in [0.717, 1.165) is 5.75 Å². The fourth-order valence-corrected chi connectivity index (χ4v) is 0.930. The Hall–Kier alpha value is -0.240. The average molecular weight is 380 g/mol. The minimum absolute atomic E-state index is 0. The number of methoxy groups -OCH3 is 1. The Kier molecular flexibility index (Phi) is 4.15. The standard InChI is InChI=1S/C7H7IO.F6P/c1-9-7-4-2-6(8)3-5-7;1-7(2,3,4,5)6/h2-5H,1H3;/q;-1/p+1. The summed E-state index contributed by atoms with van der Waals surface area (Å²) in [5.41, 5.74) is 0. The molecule has 0 bridgehead atoms. The molecule has 0 amide bonds. The van der Waals surface area contributed by atoms with Crippen molar-refractivity contribution < 1.29 is 31.3 Å². The second-order valence-corrected chi connectivity index (χ2v) is 5.78. The molecule has 1 nitrogen and oxygen atoms in total. The fourth-order valence-electron chi connectivity index (χ4n) is 0.571. The Morgan fingerprint density at radius 1 is 1.00 bits per heavy atom. The maximum Gasteiger partial charge on any atom is 1.00 e. The van der Waals surface area contributed by atoms with Gasteiger partial charge in [0.1, 0.15) is 5.75 Å². The molecule has 0 fully saturated rings. The van der Waals surface area contributed by atoms with Gasteiger partial charge in [0.25, 0.3) is 0 Å². The van der Waals surface area contributed by atoms with Crippen molar-refractivity contribution in [3.8, 4) is 5.75 Å². The van der Waals surface area contributed by atoms with Crippen molar-refractivity contribution in [3.05, 3.63) is 27.8 Å². The van der Waals surface area contributed by atoms with E-state index in [1.165, 1.54) is 3.57 Å². The van der Waals surface area contributed by atoms with Gasteiger partial charge in [-0.2, -0.15) is 0 Å². The third-order valence-corrected chi connectivity index (χ3v) is 1.77. The zero-order valence-corrected chi connectivity index (χ0v) is 10.9. The molecule has 0 aliphatic heterocycles. The van der Waals surface area contributed by atoms with Crippen molar-refractivity contribution in [3.63, 3.8) is 0 Å². The van der Waals surface area contributed by atoms with E-state index >= 15 is 0 Å². The molecular formula is C7H8F6IOP. The van der Waals surface area contributed by atoms with Crippen molar-refractivity contribution in [2.75, 3.05) is 7.11 Å². The molecule has 0 saturated heterocycles. The van der Waals surface area contributed by atoms with E-state index in [-0.39, 0.29) is 1.43 Å². The topological polar surface area (TPSA) is 9.23 Å². The molecule has 0 saturated carbocycles. The predicted octanol–water partition coefficient (Wildman–Crippen LogP) is 5.79. The fraction of sp³-hybridized carbons (Fsp3) is 0.143. The molecule has 0 N–H and O–H groups in total. The molecule has 96 valence electrons. The zero-order chi connectivity index (χ0) is 13.1. The van der Waals surface area contributed by atoms with E-state index in [1.807, 2.05) is 24.3 Å². The Bertz CT molecular complexity index is 338. The number of benzene rings is 1. The Labute approximate surface area is 103 Å². The summed E-state index contributed by atoms with van der Waals surface area (Å²) >= 11 is 2.26. The maximum absolute atomic E-state index is 10.7. The van der Waals surface area contributed by atoms with E-state index in [9.17, 15) is 25.2 Å². The van der Waals surface area contributed by atoms with E-state index in [0.29, 0.717) is 0 Å². The van der Waals surface area contributed by atoms with E-state index < -0.39 is 7.81 Å². The summed E-state index contributed by atoms with van der Waals surface area (Å²) in [6.07, 6.45) is 0. The Morgan fingerprint density at radius 2 is 1.31 bits per heavy atom. The van der Waals surface area contributed by atoms with Crippen LogP contribution in [0, 0.1) is 3.57 Å². The van der Waals surface area contributed by atoms with Gasteiger partial charge >= 0.3 is 34.4 Å². The molecule has 0 heterocycles. The number of hydrogen-bond donors (Lipinski definition) is 0. The first-order valence-electron chi connectivity index (χ1n) is 3.64. The quantitative estimate of drug-likeness (QED) is 0.340. The zero-order valence-electron chi connectivity index (χ0n) is 8.81. The largest absolute Gasteiger partial charge is 1.00 e. The number of hydrogen-bond acceptors (Lipinski definition) is 1. The molecule has 0 atom stereocenters. The van der Waals surface area contributed by atoms with Crippen molar-refractivity contribution in [1.82, 2.24) is 0 Å². The van der Waals surface area contributed by atoms with Crippen LogP contribution in [0.5, 0.6) is 5.75 Å². The Balaban J connectivity index is 0. The van der Waals surface area contributed by atoms with Crippen molar-refractivity contribution >= 4 is 30.4 Å². The van der Waals surface area contributed by atoms with Crippen LogP contribution < -0.4 is 4.74 Å². The van der Waals surface area contributed by atoms with Crippen molar-refractivity contribution in [2.24, 2.45) is 0 Å². The van der Waals surface area contributed by atoms with Gasteiger partial charge in [0.15, 0.2) is 0 Å². The summed E-state index contributed by atoms with van der Waals surface area (Å²) in [5, 5.41) is 0. The van der Waals surface area contributed by atoms with Crippen LogP contribution in [0.4, 0.5) is 25.2 Å². The molecule has 1 aromatic rings. The van der Waals surface area contributed by atoms with Gasteiger partial charge in [-0.1, -0.05) is 0 Å². The molecule has 1 aromatic carbocycles. The first kappa shape index (κ1) is 15.8. The van der Waals surface area contributed by atoms with Crippen LogP contribution in [0.2, 0.25) is 0 Å². The first-order chi connectivity index (χ1) is 6.78. The van der Waals surface area contributed by atoms with Gasteiger partial charge in [-0.05, 0) is 46.9 Å². The summed E-state index contributed by atoms with van der Waals surface area (Å²) in [5.74, 6) is 0.912. The second kappa shape index (κ2) is 4.21. The molecular weight excluding hydrogens is 372 g/mol. The first-order valence-corrected chi connectivity index (χ1v) is 6.74. The number of halogens is 7. The van der Waals surface area contributed by atoms with E-state index in [2.05, 4.69) is 22.6 Å². The van der Waals surface area contributed by atoms with Gasteiger partial charge in [0, 0.05) is 3.57 Å². The minimum atomic E-state index is -10.7. The van der Waals surface area contributed by atoms with Crippen molar-refractivity contribution in [2.45, 2.75) is 0 Å². The number of ether oxygens (including phenoxy) is 1. The van der Waals surface area contributed by atoms with Gasteiger partial charge < -0.3 is 4.74 Å². The third kappa shape index (κ3) is 16.2. The van der Waals surface area contributed by atoms with Crippen molar-refractivity contribution in [1.29, 1.82) is 0 Å². The van der Waals surface area contributed by atoms with Gasteiger partial charge in [-0.25, -0.2) is 0 Å². The monoisotopic (exact) mass is 380 g/mol. The summed E-state index contributed by atoms with van der Waals surface area (Å²) < 4.78 is 65.4. The molecule has 0 unspecified atom stereocenters. The molecule has 0 aromatic heterocycles. The van der Waals surface area contributed by atoms with Gasteiger partial charge in [-0.15, -0.1) is 0 Å². The number of rotatable bonds is 1. The van der Waals surface area contributed by atoms with E-state index in [1.54, 1.807) is 7.11 Å². The smallest absolute Gasteiger partial charge is 1.00 e. The molecule has 0 radical (unpaired) electrons. The molecule has 16 heavy (non-hydrogen) atoms. The predicted molar refractivity (Wildman–Crippen MR) is 60.4 cm³/mol. The molecule has 0 spiro atoms. The maximum atomic E-state index is 9.87. The van der Waals surface area contributed by atoms with Gasteiger partial charge in [0.05, 0.1) is 7.11 Å². The van der Waals surface area contributed by atoms with Crippen LogP contribution in [0.3, 0.4) is 0 Å². The van der Waals surface area contributed by atoms with Crippen LogP contribution >= 0.6 is 30.4 Å².